The minimum atomic E-state index is -3.53. The zero-order chi connectivity index (χ0) is 14.9. The Hall–Kier alpha value is -1.84. The maximum atomic E-state index is 12.6. The highest BCUT2D eigenvalue weighted by atomic mass is 32.2. The van der Waals surface area contributed by atoms with E-state index in [1.165, 1.54) is 4.31 Å². The summed E-state index contributed by atoms with van der Waals surface area (Å²) in [5.74, 6) is 0.381. The molecule has 0 amide bonds. The fourth-order valence-electron chi connectivity index (χ4n) is 2.21. The molecule has 2 aromatic rings. The second kappa shape index (κ2) is 5.51. The summed E-state index contributed by atoms with van der Waals surface area (Å²) in [6, 6.07) is 4.94. The van der Waals surface area contributed by atoms with Crippen LogP contribution >= 0.6 is 0 Å². The molecule has 2 heterocycles. The first-order chi connectivity index (χ1) is 10.1. The minimum absolute atomic E-state index is 0.231. The second-order valence-corrected chi connectivity index (χ2v) is 6.67. The highest BCUT2D eigenvalue weighted by Crippen LogP contribution is 2.25. The van der Waals surface area contributed by atoms with Crippen molar-refractivity contribution in [2.24, 2.45) is 0 Å². The van der Waals surface area contributed by atoms with Crippen molar-refractivity contribution < 1.29 is 13.2 Å². The quantitative estimate of drug-likeness (QED) is 0.869. The van der Waals surface area contributed by atoms with Crippen LogP contribution in [0.4, 0.5) is 0 Å². The summed E-state index contributed by atoms with van der Waals surface area (Å²) in [4.78, 5) is 0.231. The lowest BCUT2D eigenvalue weighted by Gasteiger charge is -2.26. The fourth-order valence-corrected chi connectivity index (χ4v) is 3.65. The molecule has 0 bridgehead atoms. The van der Waals surface area contributed by atoms with Gasteiger partial charge in [0.25, 0.3) is 0 Å². The molecule has 3 rings (SSSR count). The molecule has 112 valence electrons. The van der Waals surface area contributed by atoms with E-state index in [-0.39, 0.29) is 4.90 Å². The standard InChI is InChI=1S/C12H15N5O3S/c1-9-2-3-10(8-11(9)12-13-15-16-14-12)21(18,19)17-4-6-20-7-5-17/h2-3,8H,4-7H2,1H3,(H,13,14,15,16). The van der Waals surface area contributed by atoms with Crippen LogP contribution in [-0.4, -0.2) is 59.7 Å². The van der Waals surface area contributed by atoms with Crippen molar-refractivity contribution in [3.05, 3.63) is 23.8 Å². The van der Waals surface area contributed by atoms with Crippen molar-refractivity contribution >= 4 is 10.0 Å². The summed E-state index contributed by atoms with van der Waals surface area (Å²) >= 11 is 0. The van der Waals surface area contributed by atoms with E-state index in [4.69, 9.17) is 4.74 Å². The van der Waals surface area contributed by atoms with E-state index < -0.39 is 10.0 Å². The van der Waals surface area contributed by atoms with Crippen LogP contribution in [0, 0.1) is 6.92 Å². The Labute approximate surface area is 122 Å². The van der Waals surface area contributed by atoms with E-state index in [9.17, 15) is 8.42 Å². The van der Waals surface area contributed by atoms with E-state index >= 15 is 0 Å². The van der Waals surface area contributed by atoms with E-state index in [1.807, 2.05) is 6.92 Å². The number of hydrogen-bond donors (Lipinski definition) is 1. The molecule has 0 saturated carbocycles. The molecule has 21 heavy (non-hydrogen) atoms. The third-order valence-corrected chi connectivity index (χ3v) is 5.30. The molecule has 1 aliphatic heterocycles. The predicted molar refractivity (Wildman–Crippen MR) is 73.9 cm³/mol. The van der Waals surface area contributed by atoms with Gasteiger partial charge in [0.1, 0.15) is 0 Å². The number of H-pyrrole nitrogens is 1. The summed E-state index contributed by atoms with van der Waals surface area (Å²) in [5, 5.41) is 13.7. The lowest BCUT2D eigenvalue weighted by molar-refractivity contribution is 0.0730. The number of aromatic nitrogens is 4. The van der Waals surface area contributed by atoms with Crippen LogP contribution in [0.2, 0.25) is 0 Å². The van der Waals surface area contributed by atoms with Gasteiger partial charge in [0.2, 0.25) is 15.8 Å². The number of tetrazole rings is 1. The first-order valence-electron chi connectivity index (χ1n) is 6.51. The van der Waals surface area contributed by atoms with Crippen molar-refractivity contribution in [2.75, 3.05) is 26.3 Å². The number of benzene rings is 1. The van der Waals surface area contributed by atoms with Gasteiger partial charge in [0.05, 0.1) is 18.1 Å². The Kier molecular flexibility index (Phi) is 3.70. The summed E-state index contributed by atoms with van der Waals surface area (Å²) in [6.45, 7) is 3.45. The molecule has 0 radical (unpaired) electrons. The van der Waals surface area contributed by atoms with Crippen molar-refractivity contribution in [3.8, 4) is 11.4 Å². The Balaban J connectivity index is 2.01. The van der Waals surface area contributed by atoms with E-state index in [0.29, 0.717) is 37.7 Å². The molecule has 0 unspecified atom stereocenters. The van der Waals surface area contributed by atoms with Gasteiger partial charge in [0.15, 0.2) is 0 Å². The molecule has 9 heteroatoms. The maximum absolute atomic E-state index is 12.6. The molecule has 1 aliphatic rings. The number of sulfonamides is 1. The molecule has 1 saturated heterocycles. The van der Waals surface area contributed by atoms with Crippen LogP contribution in [0.25, 0.3) is 11.4 Å². The second-order valence-electron chi connectivity index (χ2n) is 4.73. The molecular formula is C12H15N5O3S. The molecule has 0 spiro atoms. The van der Waals surface area contributed by atoms with Crippen molar-refractivity contribution in [2.45, 2.75) is 11.8 Å². The third-order valence-electron chi connectivity index (χ3n) is 3.40. The van der Waals surface area contributed by atoms with Gasteiger partial charge < -0.3 is 4.74 Å². The van der Waals surface area contributed by atoms with E-state index in [1.54, 1.807) is 18.2 Å². The van der Waals surface area contributed by atoms with Crippen molar-refractivity contribution in [1.29, 1.82) is 0 Å². The van der Waals surface area contributed by atoms with Gasteiger partial charge in [-0.1, -0.05) is 6.07 Å². The SMILES string of the molecule is Cc1ccc(S(=O)(=O)N2CCOCC2)cc1-c1nn[nH]n1. The van der Waals surface area contributed by atoms with E-state index in [2.05, 4.69) is 20.6 Å². The van der Waals surface area contributed by atoms with Crippen LogP contribution in [0.1, 0.15) is 5.56 Å². The number of nitrogens with one attached hydrogen (secondary N) is 1. The number of rotatable bonds is 3. The Morgan fingerprint density at radius 3 is 2.71 bits per heavy atom. The van der Waals surface area contributed by atoms with Gasteiger partial charge in [-0.2, -0.15) is 9.52 Å². The molecular weight excluding hydrogens is 294 g/mol. The fraction of sp³-hybridized carbons (Fsp3) is 0.417. The Morgan fingerprint density at radius 1 is 1.29 bits per heavy atom. The van der Waals surface area contributed by atoms with Crippen LogP contribution < -0.4 is 0 Å². The summed E-state index contributed by atoms with van der Waals surface area (Å²) in [7, 11) is -3.53. The van der Waals surface area contributed by atoms with E-state index in [0.717, 1.165) is 5.56 Å². The van der Waals surface area contributed by atoms with Crippen molar-refractivity contribution in [3.63, 3.8) is 0 Å². The van der Waals surface area contributed by atoms with Crippen LogP contribution in [0.5, 0.6) is 0 Å². The Morgan fingerprint density at radius 2 is 2.05 bits per heavy atom. The van der Waals surface area contributed by atoms with Gasteiger partial charge >= 0.3 is 0 Å². The van der Waals surface area contributed by atoms with Gasteiger partial charge in [-0.25, -0.2) is 8.42 Å². The molecule has 0 aliphatic carbocycles. The lowest BCUT2D eigenvalue weighted by Crippen LogP contribution is -2.40. The summed E-state index contributed by atoms with van der Waals surface area (Å²) in [6.07, 6.45) is 0. The number of ether oxygens (including phenoxy) is 1. The molecule has 1 aromatic carbocycles. The number of aromatic amines is 1. The molecule has 8 nitrogen and oxygen atoms in total. The number of morpholine rings is 1. The topological polar surface area (TPSA) is 101 Å². The zero-order valence-electron chi connectivity index (χ0n) is 11.5. The average molecular weight is 309 g/mol. The largest absolute Gasteiger partial charge is 0.379 e. The Bertz CT molecular complexity index is 723. The lowest BCUT2D eigenvalue weighted by atomic mass is 10.1. The maximum Gasteiger partial charge on any atom is 0.243 e. The van der Waals surface area contributed by atoms with Gasteiger partial charge in [-0.3, -0.25) is 0 Å². The molecule has 1 aromatic heterocycles. The number of nitrogens with zero attached hydrogens (tertiary/aromatic N) is 4. The average Bonchev–Trinajstić information content (AvgIpc) is 3.02. The highest BCUT2D eigenvalue weighted by Gasteiger charge is 2.27. The minimum Gasteiger partial charge on any atom is -0.379 e. The zero-order valence-corrected chi connectivity index (χ0v) is 12.3. The number of aryl methyl sites for hydroxylation is 1. The molecule has 1 N–H and O–H groups in total. The summed E-state index contributed by atoms with van der Waals surface area (Å²) in [5.41, 5.74) is 1.54. The third kappa shape index (κ3) is 2.67. The molecule has 1 fully saturated rings. The van der Waals surface area contributed by atoms with Crippen LogP contribution in [0.15, 0.2) is 23.1 Å². The van der Waals surface area contributed by atoms with Crippen LogP contribution in [-0.2, 0) is 14.8 Å². The predicted octanol–water partition coefficient (Wildman–Crippen LogP) is 0.196. The smallest absolute Gasteiger partial charge is 0.243 e. The number of hydrogen-bond acceptors (Lipinski definition) is 6. The molecule has 0 atom stereocenters. The summed E-state index contributed by atoms with van der Waals surface area (Å²) < 4.78 is 31.9. The first-order valence-corrected chi connectivity index (χ1v) is 7.95. The van der Waals surface area contributed by atoms with Gasteiger partial charge in [-0.05, 0) is 29.8 Å². The van der Waals surface area contributed by atoms with Gasteiger partial charge in [-0.15, -0.1) is 10.2 Å². The van der Waals surface area contributed by atoms with Crippen LogP contribution in [0.3, 0.4) is 0 Å². The van der Waals surface area contributed by atoms with Gasteiger partial charge in [0, 0.05) is 18.7 Å². The normalized spacial score (nSPS) is 17.0. The highest BCUT2D eigenvalue weighted by molar-refractivity contribution is 7.89. The monoisotopic (exact) mass is 309 g/mol. The van der Waals surface area contributed by atoms with Crippen molar-refractivity contribution in [1.82, 2.24) is 24.9 Å². The first kappa shape index (κ1) is 14.1.